The summed E-state index contributed by atoms with van der Waals surface area (Å²) < 4.78 is 0. The van der Waals surface area contributed by atoms with E-state index in [1.807, 2.05) is 0 Å². The molecule has 0 aliphatic carbocycles. The molecule has 3 nitrogen and oxygen atoms in total. The number of hydrogen-bond donors (Lipinski definition) is 1. The first-order valence-corrected chi connectivity index (χ1v) is 8.31. The fraction of sp³-hybridized carbons (Fsp3) is 0.938. The predicted molar refractivity (Wildman–Crippen MR) is 81.0 cm³/mol. The van der Waals surface area contributed by atoms with Crippen LogP contribution in [0.25, 0.3) is 0 Å². The Hall–Kier alpha value is -0.570. The van der Waals surface area contributed by atoms with Gasteiger partial charge in [0, 0.05) is 6.54 Å². The van der Waals surface area contributed by atoms with Crippen molar-refractivity contribution in [3.8, 4) is 0 Å². The molecule has 1 saturated heterocycles. The highest BCUT2D eigenvalue weighted by atomic mass is 16.2. The molecule has 1 heterocycles. The molecule has 0 saturated carbocycles. The summed E-state index contributed by atoms with van der Waals surface area (Å²) in [5, 5.41) is 3.54. The van der Waals surface area contributed by atoms with E-state index in [0.29, 0.717) is 12.1 Å². The van der Waals surface area contributed by atoms with E-state index in [4.69, 9.17) is 0 Å². The van der Waals surface area contributed by atoms with E-state index in [1.54, 1.807) is 0 Å². The summed E-state index contributed by atoms with van der Waals surface area (Å²) in [6, 6.07) is 0.0858. The van der Waals surface area contributed by atoms with Gasteiger partial charge < -0.3 is 4.90 Å². The molecule has 0 aromatic rings. The minimum Gasteiger partial charge on any atom is -0.326 e. The Labute approximate surface area is 119 Å². The maximum atomic E-state index is 12.4. The van der Waals surface area contributed by atoms with Gasteiger partial charge in [0.1, 0.15) is 0 Å². The van der Waals surface area contributed by atoms with Crippen molar-refractivity contribution in [2.75, 3.05) is 6.54 Å². The number of rotatable bonds is 10. The van der Waals surface area contributed by atoms with Crippen LogP contribution in [0.2, 0.25) is 0 Å². The lowest BCUT2D eigenvalue weighted by molar-refractivity contribution is -0.130. The lowest BCUT2D eigenvalue weighted by atomic mass is 10.1. The molecule has 2 atom stereocenters. The SMILES string of the molecule is CCCCCCN1C(=O)C(CCCC)NC1CCC. The van der Waals surface area contributed by atoms with Gasteiger partial charge in [0.25, 0.3) is 0 Å². The Kier molecular flexibility index (Phi) is 8.11. The van der Waals surface area contributed by atoms with Crippen molar-refractivity contribution in [2.45, 2.75) is 90.8 Å². The molecule has 19 heavy (non-hydrogen) atoms. The summed E-state index contributed by atoms with van der Waals surface area (Å²) in [5.74, 6) is 0.350. The molecule has 3 heteroatoms. The number of nitrogens with one attached hydrogen (secondary N) is 1. The summed E-state index contributed by atoms with van der Waals surface area (Å²) in [6.45, 7) is 7.55. The molecule has 1 aliphatic rings. The van der Waals surface area contributed by atoms with Gasteiger partial charge in [-0.3, -0.25) is 10.1 Å². The topological polar surface area (TPSA) is 32.3 Å². The average molecular weight is 268 g/mol. The average Bonchev–Trinajstić information content (AvgIpc) is 2.70. The Morgan fingerprint density at radius 1 is 0.947 bits per heavy atom. The first kappa shape index (κ1) is 16.5. The van der Waals surface area contributed by atoms with Crippen LogP contribution in [0.1, 0.15) is 78.6 Å². The van der Waals surface area contributed by atoms with Crippen molar-refractivity contribution in [2.24, 2.45) is 0 Å². The molecule has 0 aromatic carbocycles. The van der Waals surface area contributed by atoms with Gasteiger partial charge in [0.05, 0.1) is 12.2 Å². The molecule has 0 spiro atoms. The van der Waals surface area contributed by atoms with Crippen LogP contribution in [-0.2, 0) is 4.79 Å². The molecule has 1 aliphatic heterocycles. The van der Waals surface area contributed by atoms with Crippen molar-refractivity contribution in [1.29, 1.82) is 0 Å². The second kappa shape index (κ2) is 9.35. The number of hydrogen-bond acceptors (Lipinski definition) is 2. The monoisotopic (exact) mass is 268 g/mol. The van der Waals surface area contributed by atoms with E-state index in [0.717, 1.165) is 38.6 Å². The third kappa shape index (κ3) is 5.13. The van der Waals surface area contributed by atoms with Crippen LogP contribution in [0, 0.1) is 0 Å². The summed E-state index contributed by atoms with van der Waals surface area (Å²) in [5.41, 5.74) is 0. The molecular weight excluding hydrogens is 236 g/mol. The summed E-state index contributed by atoms with van der Waals surface area (Å²) in [4.78, 5) is 14.5. The van der Waals surface area contributed by atoms with Gasteiger partial charge in [0.15, 0.2) is 0 Å². The minimum absolute atomic E-state index is 0.0858. The zero-order chi connectivity index (χ0) is 14.1. The van der Waals surface area contributed by atoms with E-state index in [1.165, 1.54) is 25.7 Å². The summed E-state index contributed by atoms with van der Waals surface area (Å²) in [7, 11) is 0. The van der Waals surface area contributed by atoms with E-state index < -0.39 is 0 Å². The molecule has 1 N–H and O–H groups in total. The second-order valence-electron chi connectivity index (χ2n) is 5.76. The lowest BCUT2D eigenvalue weighted by Gasteiger charge is -2.23. The molecule has 0 radical (unpaired) electrons. The van der Waals surface area contributed by atoms with Gasteiger partial charge in [-0.05, 0) is 19.3 Å². The predicted octanol–water partition coefficient (Wildman–Crippen LogP) is 3.68. The summed E-state index contributed by atoms with van der Waals surface area (Å²) >= 11 is 0. The molecule has 0 aromatic heterocycles. The third-order valence-electron chi connectivity index (χ3n) is 4.01. The molecule has 1 rings (SSSR count). The highest BCUT2D eigenvalue weighted by Crippen LogP contribution is 2.19. The fourth-order valence-corrected chi connectivity index (χ4v) is 2.85. The van der Waals surface area contributed by atoms with E-state index in [-0.39, 0.29) is 6.04 Å². The van der Waals surface area contributed by atoms with Gasteiger partial charge in [-0.15, -0.1) is 0 Å². The van der Waals surface area contributed by atoms with Crippen LogP contribution in [0.5, 0.6) is 0 Å². The van der Waals surface area contributed by atoms with Gasteiger partial charge in [-0.25, -0.2) is 0 Å². The Morgan fingerprint density at radius 2 is 1.68 bits per heavy atom. The smallest absolute Gasteiger partial charge is 0.241 e. The molecular formula is C16H32N2O. The highest BCUT2D eigenvalue weighted by Gasteiger charge is 2.36. The number of unbranched alkanes of at least 4 members (excludes halogenated alkanes) is 4. The van der Waals surface area contributed by atoms with Crippen LogP contribution in [0.15, 0.2) is 0 Å². The van der Waals surface area contributed by atoms with Crippen LogP contribution in [0.3, 0.4) is 0 Å². The number of carbonyl (C=O) groups is 1. The quantitative estimate of drug-likeness (QED) is 0.613. The second-order valence-corrected chi connectivity index (χ2v) is 5.76. The van der Waals surface area contributed by atoms with Crippen LogP contribution in [-0.4, -0.2) is 29.6 Å². The molecule has 112 valence electrons. The van der Waals surface area contributed by atoms with E-state index >= 15 is 0 Å². The van der Waals surface area contributed by atoms with Crippen LogP contribution >= 0.6 is 0 Å². The van der Waals surface area contributed by atoms with Gasteiger partial charge in [-0.2, -0.15) is 0 Å². The van der Waals surface area contributed by atoms with Crippen LogP contribution < -0.4 is 5.32 Å². The standard InChI is InChI=1S/C16H32N2O/c1-4-7-9-10-13-18-15(11-6-3)17-14(16(18)19)12-8-5-2/h14-15,17H,4-13H2,1-3H3. The number of nitrogens with zero attached hydrogens (tertiary/aromatic N) is 1. The van der Waals surface area contributed by atoms with Crippen molar-refractivity contribution in [3.63, 3.8) is 0 Å². The summed E-state index contributed by atoms with van der Waals surface area (Å²) in [6.07, 6.45) is 10.8. The molecule has 1 amide bonds. The van der Waals surface area contributed by atoms with E-state index in [9.17, 15) is 4.79 Å². The zero-order valence-electron chi connectivity index (χ0n) is 13.1. The first-order chi connectivity index (χ1) is 9.24. The Balaban J connectivity index is 2.46. The minimum atomic E-state index is 0.0858. The lowest BCUT2D eigenvalue weighted by Crippen LogP contribution is -2.37. The van der Waals surface area contributed by atoms with Crippen molar-refractivity contribution >= 4 is 5.91 Å². The van der Waals surface area contributed by atoms with Crippen molar-refractivity contribution < 1.29 is 4.79 Å². The Bertz CT molecular complexity index is 255. The van der Waals surface area contributed by atoms with Crippen molar-refractivity contribution in [3.05, 3.63) is 0 Å². The first-order valence-electron chi connectivity index (χ1n) is 8.31. The highest BCUT2D eigenvalue weighted by molar-refractivity contribution is 5.84. The normalized spacial score (nSPS) is 23.3. The largest absolute Gasteiger partial charge is 0.326 e. The number of carbonyl (C=O) groups excluding carboxylic acids is 1. The molecule has 0 bridgehead atoms. The fourth-order valence-electron chi connectivity index (χ4n) is 2.85. The maximum Gasteiger partial charge on any atom is 0.241 e. The van der Waals surface area contributed by atoms with Crippen molar-refractivity contribution in [1.82, 2.24) is 10.2 Å². The maximum absolute atomic E-state index is 12.4. The van der Waals surface area contributed by atoms with Crippen LogP contribution in [0.4, 0.5) is 0 Å². The third-order valence-corrected chi connectivity index (χ3v) is 4.01. The zero-order valence-corrected chi connectivity index (χ0v) is 13.1. The van der Waals surface area contributed by atoms with Gasteiger partial charge in [-0.1, -0.05) is 59.3 Å². The number of amides is 1. The Morgan fingerprint density at radius 3 is 2.32 bits per heavy atom. The molecule has 2 unspecified atom stereocenters. The molecule has 1 fully saturated rings. The van der Waals surface area contributed by atoms with Gasteiger partial charge >= 0.3 is 0 Å². The van der Waals surface area contributed by atoms with E-state index in [2.05, 4.69) is 31.0 Å². The van der Waals surface area contributed by atoms with Gasteiger partial charge in [0.2, 0.25) is 5.91 Å².